The molecule has 0 radical (unpaired) electrons. The molecule has 0 aliphatic rings. The summed E-state index contributed by atoms with van der Waals surface area (Å²) < 4.78 is 0. The van der Waals surface area contributed by atoms with Crippen LogP contribution in [0.2, 0.25) is 0 Å². The molecule has 0 aliphatic heterocycles. The second-order valence-corrected chi connectivity index (χ2v) is 3.31. The number of hydrogen-bond acceptors (Lipinski definition) is 3. The Bertz CT molecular complexity index is 299. The van der Waals surface area contributed by atoms with E-state index in [4.69, 9.17) is 5.73 Å². The fraction of sp³-hybridized carbons (Fsp3) is 0.556. The molecule has 0 fully saturated rings. The van der Waals surface area contributed by atoms with E-state index in [1.165, 1.54) is 0 Å². The number of nitrogens with one attached hydrogen (secondary N) is 2. The summed E-state index contributed by atoms with van der Waals surface area (Å²) in [6.45, 7) is 5.26. The number of nitrogens with two attached hydrogens (primary N) is 1. The molecule has 5 nitrogen and oxygen atoms in total. The Morgan fingerprint density at radius 1 is 1.57 bits per heavy atom. The van der Waals surface area contributed by atoms with Gasteiger partial charge in [0.05, 0.1) is 5.69 Å². The third-order valence-electron chi connectivity index (χ3n) is 2.13. The van der Waals surface area contributed by atoms with Crippen LogP contribution in [-0.4, -0.2) is 22.6 Å². The van der Waals surface area contributed by atoms with E-state index in [2.05, 4.69) is 15.5 Å². The van der Waals surface area contributed by atoms with Gasteiger partial charge in [-0.1, -0.05) is 0 Å². The summed E-state index contributed by atoms with van der Waals surface area (Å²) in [7, 11) is 0. The highest BCUT2D eigenvalue weighted by molar-refractivity contribution is 5.73. The molecule has 1 heterocycles. The molecule has 0 saturated carbocycles. The maximum absolute atomic E-state index is 10.5. The van der Waals surface area contributed by atoms with Crippen LogP contribution in [0.3, 0.4) is 0 Å². The molecule has 1 aromatic heterocycles. The van der Waals surface area contributed by atoms with Crippen LogP contribution in [0.4, 0.5) is 0 Å². The van der Waals surface area contributed by atoms with E-state index in [9.17, 15) is 4.79 Å². The van der Waals surface area contributed by atoms with Crippen LogP contribution in [0.25, 0.3) is 0 Å². The molecule has 1 aromatic rings. The van der Waals surface area contributed by atoms with E-state index >= 15 is 0 Å². The maximum Gasteiger partial charge on any atom is 0.218 e. The Morgan fingerprint density at radius 2 is 2.29 bits per heavy atom. The lowest BCUT2D eigenvalue weighted by atomic mass is 10.2. The summed E-state index contributed by atoms with van der Waals surface area (Å²) in [6.07, 6.45) is 0.371. The van der Waals surface area contributed by atoms with Crippen molar-refractivity contribution in [2.24, 2.45) is 5.73 Å². The zero-order chi connectivity index (χ0) is 10.6. The van der Waals surface area contributed by atoms with Gasteiger partial charge in [0.15, 0.2) is 0 Å². The average molecular weight is 196 g/mol. The summed E-state index contributed by atoms with van der Waals surface area (Å²) in [5.74, 6) is -0.280. The monoisotopic (exact) mass is 196 g/mol. The van der Waals surface area contributed by atoms with Crippen molar-refractivity contribution in [3.05, 3.63) is 17.0 Å². The molecule has 0 bridgehead atoms. The fourth-order valence-corrected chi connectivity index (χ4v) is 1.26. The first-order valence-corrected chi connectivity index (χ1v) is 4.60. The summed E-state index contributed by atoms with van der Waals surface area (Å²) in [5, 5.41) is 10.1. The number of aromatic amines is 1. The number of carbonyl (C=O) groups is 1. The van der Waals surface area contributed by atoms with Gasteiger partial charge in [-0.3, -0.25) is 9.89 Å². The van der Waals surface area contributed by atoms with E-state index < -0.39 is 0 Å². The predicted molar refractivity (Wildman–Crippen MR) is 53.6 cm³/mol. The standard InChI is InChI=1S/C9H16N4O/c1-6-8(7(2)13-12-6)5-11-4-3-9(10)14/h11H,3-5H2,1-2H3,(H2,10,14)(H,12,13). The van der Waals surface area contributed by atoms with E-state index in [0.29, 0.717) is 13.0 Å². The highest BCUT2D eigenvalue weighted by Crippen LogP contribution is 2.07. The normalized spacial score (nSPS) is 10.4. The van der Waals surface area contributed by atoms with Crippen molar-refractivity contribution in [2.75, 3.05) is 6.54 Å². The first-order chi connectivity index (χ1) is 6.61. The van der Waals surface area contributed by atoms with Crippen LogP contribution in [-0.2, 0) is 11.3 Å². The largest absolute Gasteiger partial charge is 0.370 e. The number of rotatable bonds is 5. The second-order valence-electron chi connectivity index (χ2n) is 3.31. The molecule has 0 aromatic carbocycles. The van der Waals surface area contributed by atoms with E-state index in [-0.39, 0.29) is 5.91 Å². The number of aromatic nitrogens is 2. The van der Waals surface area contributed by atoms with Crippen molar-refractivity contribution in [3.63, 3.8) is 0 Å². The number of nitrogens with zero attached hydrogens (tertiary/aromatic N) is 1. The van der Waals surface area contributed by atoms with Crippen molar-refractivity contribution in [2.45, 2.75) is 26.8 Å². The lowest BCUT2D eigenvalue weighted by Crippen LogP contribution is -2.22. The van der Waals surface area contributed by atoms with Crippen LogP contribution in [0, 0.1) is 13.8 Å². The van der Waals surface area contributed by atoms with Gasteiger partial charge in [0.25, 0.3) is 0 Å². The number of hydrogen-bond donors (Lipinski definition) is 3. The SMILES string of the molecule is Cc1n[nH]c(C)c1CNCCC(N)=O. The minimum Gasteiger partial charge on any atom is -0.370 e. The van der Waals surface area contributed by atoms with E-state index in [1.54, 1.807) is 0 Å². The lowest BCUT2D eigenvalue weighted by molar-refractivity contribution is -0.117. The Labute approximate surface area is 83.1 Å². The Kier molecular flexibility index (Phi) is 3.64. The summed E-state index contributed by atoms with van der Waals surface area (Å²) in [5.41, 5.74) is 8.23. The second kappa shape index (κ2) is 4.76. The van der Waals surface area contributed by atoms with Crippen molar-refractivity contribution >= 4 is 5.91 Å². The van der Waals surface area contributed by atoms with Gasteiger partial charge >= 0.3 is 0 Å². The van der Waals surface area contributed by atoms with E-state index in [1.807, 2.05) is 13.8 Å². The minimum atomic E-state index is -0.280. The van der Waals surface area contributed by atoms with Crippen molar-refractivity contribution < 1.29 is 4.79 Å². The average Bonchev–Trinajstić information content (AvgIpc) is 2.42. The molecule has 1 rings (SSSR count). The first-order valence-electron chi connectivity index (χ1n) is 4.60. The zero-order valence-electron chi connectivity index (χ0n) is 8.55. The first kappa shape index (κ1) is 10.7. The predicted octanol–water partition coefficient (Wildman–Crippen LogP) is -0.00846. The minimum absolute atomic E-state index is 0.280. The van der Waals surface area contributed by atoms with Gasteiger partial charge in [-0.25, -0.2) is 0 Å². The number of aryl methyl sites for hydroxylation is 2. The van der Waals surface area contributed by atoms with Gasteiger partial charge in [0, 0.05) is 30.8 Å². The quantitative estimate of drug-likeness (QED) is 0.579. The Morgan fingerprint density at radius 3 is 2.79 bits per heavy atom. The maximum atomic E-state index is 10.5. The number of primary amides is 1. The van der Waals surface area contributed by atoms with E-state index in [0.717, 1.165) is 23.5 Å². The number of amides is 1. The van der Waals surface area contributed by atoms with Crippen molar-refractivity contribution in [1.82, 2.24) is 15.5 Å². The highest BCUT2D eigenvalue weighted by Gasteiger charge is 2.04. The molecular weight excluding hydrogens is 180 g/mol. The molecule has 0 aliphatic carbocycles. The highest BCUT2D eigenvalue weighted by atomic mass is 16.1. The summed E-state index contributed by atoms with van der Waals surface area (Å²) >= 11 is 0. The fourth-order valence-electron chi connectivity index (χ4n) is 1.26. The van der Waals surface area contributed by atoms with Gasteiger partial charge in [0.2, 0.25) is 5.91 Å². The number of H-pyrrole nitrogens is 1. The van der Waals surface area contributed by atoms with Crippen LogP contribution >= 0.6 is 0 Å². The van der Waals surface area contributed by atoms with Crippen LogP contribution < -0.4 is 11.1 Å². The van der Waals surface area contributed by atoms with Crippen LogP contribution in [0.15, 0.2) is 0 Å². The van der Waals surface area contributed by atoms with Gasteiger partial charge in [-0.15, -0.1) is 0 Å². The van der Waals surface area contributed by atoms with Crippen LogP contribution in [0.1, 0.15) is 23.4 Å². The van der Waals surface area contributed by atoms with Crippen molar-refractivity contribution in [1.29, 1.82) is 0 Å². The third kappa shape index (κ3) is 2.85. The van der Waals surface area contributed by atoms with Gasteiger partial charge in [-0.05, 0) is 13.8 Å². The molecule has 5 heteroatoms. The Hall–Kier alpha value is -1.36. The molecule has 0 spiro atoms. The molecule has 0 saturated heterocycles. The summed E-state index contributed by atoms with van der Waals surface area (Å²) in [4.78, 5) is 10.5. The molecule has 0 unspecified atom stereocenters. The number of carbonyl (C=O) groups excluding carboxylic acids is 1. The molecule has 0 atom stereocenters. The van der Waals surface area contributed by atoms with Gasteiger partial charge in [-0.2, -0.15) is 5.10 Å². The smallest absolute Gasteiger partial charge is 0.218 e. The molecular formula is C9H16N4O. The molecule has 1 amide bonds. The topological polar surface area (TPSA) is 83.8 Å². The zero-order valence-corrected chi connectivity index (χ0v) is 8.55. The Balaban J connectivity index is 2.34. The molecule has 78 valence electrons. The third-order valence-corrected chi connectivity index (χ3v) is 2.13. The summed E-state index contributed by atoms with van der Waals surface area (Å²) in [6, 6.07) is 0. The van der Waals surface area contributed by atoms with Crippen LogP contribution in [0.5, 0.6) is 0 Å². The lowest BCUT2D eigenvalue weighted by Gasteiger charge is -2.02. The van der Waals surface area contributed by atoms with Crippen molar-refractivity contribution in [3.8, 4) is 0 Å². The molecule has 14 heavy (non-hydrogen) atoms. The van der Waals surface area contributed by atoms with Gasteiger partial charge in [0.1, 0.15) is 0 Å². The van der Waals surface area contributed by atoms with Gasteiger partial charge < -0.3 is 11.1 Å². The molecule has 4 N–H and O–H groups in total.